The number of aryl methyl sites for hydroxylation is 3. The first-order valence-electron chi connectivity index (χ1n) is 9.48. The molecule has 0 amide bonds. The number of nitrogens with zero attached hydrogens (tertiary/aromatic N) is 4. The Morgan fingerprint density at radius 3 is 2.85 bits per heavy atom. The summed E-state index contributed by atoms with van der Waals surface area (Å²) in [5, 5.41) is 7.57. The second-order valence-corrected chi connectivity index (χ2v) is 7.09. The molecule has 3 heterocycles. The minimum Gasteiger partial charge on any atom is -0.296 e. The standard InChI is InChI=1S/C21H21N5O/c27-20-12-17(10-11-25-19-9-5-4-8-16(19)13-22-25)24-21-18(14-23-26(20)21)15-6-2-1-3-7-15/h1-3,6-7,12-14,23H,4-5,8-11H2. The molecule has 6 heteroatoms. The van der Waals surface area contributed by atoms with Gasteiger partial charge in [0.2, 0.25) is 0 Å². The summed E-state index contributed by atoms with van der Waals surface area (Å²) in [6.45, 7) is 0.753. The Morgan fingerprint density at radius 2 is 1.96 bits per heavy atom. The molecule has 1 aliphatic rings. The van der Waals surface area contributed by atoms with Crippen LogP contribution in [0.4, 0.5) is 0 Å². The van der Waals surface area contributed by atoms with Crippen molar-refractivity contribution in [1.29, 1.82) is 0 Å². The predicted molar refractivity (Wildman–Crippen MR) is 104 cm³/mol. The lowest BCUT2D eigenvalue weighted by molar-refractivity contribution is 0.553. The van der Waals surface area contributed by atoms with Gasteiger partial charge in [-0.05, 0) is 36.8 Å². The van der Waals surface area contributed by atoms with Crippen molar-refractivity contribution in [2.75, 3.05) is 0 Å². The van der Waals surface area contributed by atoms with Crippen molar-refractivity contribution in [3.05, 3.63) is 76.1 Å². The van der Waals surface area contributed by atoms with Crippen molar-refractivity contribution in [2.24, 2.45) is 0 Å². The highest BCUT2D eigenvalue weighted by molar-refractivity contribution is 5.76. The van der Waals surface area contributed by atoms with Crippen molar-refractivity contribution >= 4 is 5.65 Å². The molecule has 136 valence electrons. The molecule has 0 spiro atoms. The Bertz CT molecular complexity index is 1150. The smallest absolute Gasteiger partial charge is 0.272 e. The molecule has 0 fully saturated rings. The van der Waals surface area contributed by atoms with Crippen LogP contribution >= 0.6 is 0 Å². The fraction of sp³-hybridized carbons (Fsp3) is 0.286. The summed E-state index contributed by atoms with van der Waals surface area (Å²) in [5.74, 6) is 0. The molecule has 0 saturated heterocycles. The average molecular weight is 359 g/mol. The third-order valence-electron chi connectivity index (χ3n) is 5.36. The molecular formula is C21H21N5O. The minimum atomic E-state index is -0.0836. The van der Waals surface area contributed by atoms with Gasteiger partial charge in [0, 0.05) is 36.5 Å². The van der Waals surface area contributed by atoms with Crippen LogP contribution in [0.15, 0.2) is 53.6 Å². The zero-order valence-corrected chi connectivity index (χ0v) is 15.1. The van der Waals surface area contributed by atoms with Crippen molar-refractivity contribution in [3.63, 3.8) is 0 Å². The van der Waals surface area contributed by atoms with Gasteiger partial charge in [-0.25, -0.2) is 9.50 Å². The first kappa shape index (κ1) is 16.1. The minimum absolute atomic E-state index is 0.0836. The lowest BCUT2D eigenvalue weighted by Crippen LogP contribution is -2.17. The van der Waals surface area contributed by atoms with Gasteiger partial charge in [0.15, 0.2) is 5.65 Å². The van der Waals surface area contributed by atoms with E-state index in [4.69, 9.17) is 4.98 Å². The maximum absolute atomic E-state index is 12.5. The second-order valence-electron chi connectivity index (χ2n) is 7.09. The number of rotatable bonds is 4. The van der Waals surface area contributed by atoms with E-state index in [0.29, 0.717) is 12.1 Å². The summed E-state index contributed by atoms with van der Waals surface area (Å²) in [7, 11) is 0. The number of hydrogen-bond acceptors (Lipinski definition) is 3. The third kappa shape index (κ3) is 2.87. The molecule has 0 atom stereocenters. The van der Waals surface area contributed by atoms with Gasteiger partial charge >= 0.3 is 0 Å². The zero-order chi connectivity index (χ0) is 18.2. The molecule has 0 radical (unpaired) electrons. The molecule has 0 bridgehead atoms. The van der Waals surface area contributed by atoms with Crippen molar-refractivity contribution < 1.29 is 0 Å². The highest BCUT2D eigenvalue weighted by atomic mass is 16.1. The summed E-state index contributed by atoms with van der Waals surface area (Å²) < 4.78 is 3.59. The largest absolute Gasteiger partial charge is 0.296 e. The van der Waals surface area contributed by atoms with Crippen molar-refractivity contribution in [2.45, 2.75) is 38.6 Å². The van der Waals surface area contributed by atoms with E-state index in [1.54, 1.807) is 6.07 Å². The molecule has 3 aromatic heterocycles. The molecule has 27 heavy (non-hydrogen) atoms. The van der Waals surface area contributed by atoms with Crippen molar-refractivity contribution in [3.8, 4) is 11.1 Å². The summed E-state index contributed by atoms with van der Waals surface area (Å²) in [6, 6.07) is 11.6. The van der Waals surface area contributed by atoms with Gasteiger partial charge in [-0.2, -0.15) is 5.10 Å². The van der Waals surface area contributed by atoms with Crippen LogP contribution in [0.1, 0.15) is 29.8 Å². The Morgan fingerprint density at radius 1 is 1.11 bits per heavy atom. The molecule has 1 aromatic carbocycles. The van der Waals surface area contributed by atoms with E-state index in [9.17, 15) is 4.79 Å². The fourth-order valence-electron chi connectivity index (χ4n) is 3.96. The van der Waals surface area contributed by atoms with Gasteiger partial charge in [-0.1, -0.05) is 30.3 Å². The predicted octanol–water partition coefficient (Wildman–Crippen LogP) is 3.01. The molecule has 0 saturated carbocycles. The molecule has 1 N–H and O–H groups in total. The summed E-state index contributed by atoms with van der Waals surface area (Å²) in [4.78, 5) is 17.3. The number of aromatic amines is 1. The van der Waals surface area contributed by atoms with Gasteiger partial charge in [-0.15, -0.1) is 0 Å². The first-order chi connectivity index (χ1) is 13.3. The Labute approximate surface area is 156 Å². The van der Waals surface area contributed by atoms with Crippen LogP contribution in [0.2, 0.25) is 0 Å². The summed E-state index contributed by atoms with van der Waals surface area (Å²) in [6.07, 6.45) is 9.24. The highest BCUT2D eigenvalue weighted by Crippen LogP contribution is 2.23. The number of fused-ring (bicyclic) bond motifs is 2. The van der Waals surface area contributed by atoms with Gasteiger partial charge in [0.25, 0.3) is 5.56 Å². The number of H-pyrrole nitrogens is 1. The lowest BCUT2D eigenvalue weighted by Gasteiger charge is -2.13. The van der Waals surface area contributed by atoms with Crippen LogP contribution in [0.3, 0.4) is 0 Å². The number of aromatic nitrogens is 5. The number of hydrogen-bond donors (Lipinski definition) is 1. The van der Waals surface area contributed by atoms with Gasteiger partial charge in [-0.3, -0.25) is 14.6 Å². The zero-order valence-electron chi connectivity index (χ0n) is 15.1. The molecule has 5 rings (SSSR count). The highest BCUT2D eigenvalue weighted by Gasteiger charge is 2.15. The maximum atomic E-state index is 12.5. The first-order valence-corrected chi connectivity index (χ1v) is 9.48. The third-order valence-corrected chi connectivity index (χ3v) is 5.36. The summed E-state index contributed by atoms with van der Waals surface area (Å²) in [5.41, 5.74) is 6.10. The Kier molecular flexibility index (Phi) is 3.89. The van der Waals surface area contributed by atoms with E-state index in [2.05, 4.69) is 14.9 Å². The number of nitrogens with one attached hydrogen (secondary N) is 1. The van der Waals surface area contributed by atoms with E-state index in [-0.39, 0.29) is 5.56 Å². The molecule has 0 aliphatic heterocycles. The molecule has 1 aliphatic carbocycles. The van der Waals surface area contributed by atoms with E-state index in [1.807, 2.05) is 42.7 Å². The van der Waals surface area contributed by atoms with Crippen molar-refractivity contribution in [1.82, 2.24) is 24.4 Å². The normalized spacial score (nSPS) is 13.8. The Hall–Kier alpha value is -3.15. The van der Waals surface area contributed by atoms with Gasteiger partial charge in [0.1, 0.15) is 0 Å². The van der Waals surface area contributed by atoms with E-state index >= 15 is 0 Å². The molecule has 0 unspecified atom stereocenters. The lowest BCUT2D eigenvalue weighted by atomic mass is 9.98. The van der Waals surface area contributed by atoms with Crippen LogP contribution in [-0.2, 0) is 25.8 Å². The van der Waals surface area contributed by atoms with Gasteiger partial charge < -0.3 is 0 Å². The molecule has 6 nitrogen and oxygen atoms in total. The van der Waals surface area contributed by atoms with E-state index in [0.717, 1.165) is 36.2 Å². The monoisotopic (exact) mass is 359 g/mol. The maximum Gasteiger partial charge on any atom is 0.272 e. The Balaban J connectivity index is 1.47. The molecular weight excluding hydrogens is 338 g/mol. The second kappa shape index (κ2) is 6.54. The van der Waals surface area contributed by atoms with Crippen LogP contribution in [0.5, 0.6) is 0 Å². The van der Waals surface area contributed by atoms with Gasteiger partial charge in [0.05, 0.1) is 11.9 Å². The number of benzene rings is 1. The van der Waals surface area contributed by atoms with E-state index in [1.165, 1.54) is 28.6 Å². The van der Waals surface area contributed by atoms with Crippen LogP contribution in [0.25, 0.3) is 16.8 Å². The van der Waals surface area contributed by atoms with Crippen LogP contribution in [0, 0.1) is 0 Å². The molecule has 4 aromatic rings. The quantitative estimate of drug-likeness (QED) is 0.609. The SMILES string of the molecule is O=c1cc(CCn2ncc3c2CCCC3)nc2c(-c3ccccc3)c[nH]n12. The van der Waals surface area contributed by atoms with Crippen LogP contribution in [-0.4, -0.2) is 24.4 Å². The average Bonchev–Trinajstić information content (AvgIpc) is 3.31. The van der Waals surface area contributed by atoms with Crippen LogP contribution < -0.4 is 5.56 Å². The topological polar surface area (TPSA) is 68.0 Å². The fourth-order valence-corrected chi connectivity index (χ4v) is 3.96. The summed E-state index contributed by atoms with van der Waals surface area (Å²) >= 11 is 0. The van der Waals surface area contributed by atoms with E-state index < -0.39 is 0 Å².